The van der Waals surface area contributed by atoms with Gasteiger partial charge < -0.3 is 5.32 Å². The van der Waals surface area contributed by atoms with E-state index in [9.17, 15) is 8.78 Å². The van der Waals surface area contributed by atoms with Gasteiger partial charge in [-0.25, -0.2) is 8.78 Å². The molecule has 15 heavy (non-hydrogen) atoms. The zero-order valence-corrected chi connectivity index (χ0v) is 9.32. The van der Waals surface area contributed by atoms with Crippen LogP contribution < -0.4 is 5.32 Å². The molecule has 0 amide bonds. The summed E-state index contributed by atoms with van der Waals surface area (Å²) in [6, 6.07) is 3.45. The lowest BCUT2D eigenvalue weighted by atomic mass is 10.2. The van der Waals surface area contributed by atoms with E-state index < -0.39 is 5.82 Å². The predicted molar refractivity (Wildman–Crippen MR) is 58.0 cm³/mol. The molecule has 1 atom stereocenters. The molecule has 1 aromatic carbocycles. The zero-order chi connectivity index (χ0) is 11.3. The van der Waals surface area contributed by atoms with E-state index in [1.54, 1.807) is 0 Å². The minimum Gasteiger partial charge on any atom is -0.313 e. The second-order valence-electron chi connectivity index (χ2n) is 3.48. The number of halogens is 3. The molecule has 0 aromatic heterocycles. The first kappa shape index (κ1) is 12.4. The molecule has 0 bridgehead atoms. The minimum atomic E-state index is -0.418. The smallest absolute Gasteiger partial charge is 0.127 e. The molecule has 0 aliphatic carbocycles. The van der Waals surface area contributed by atoms with Gasteiger partial charge in [-0.3, -0.25) is 0 Å². The summed E-state index contributed by atoms with van der Waals surface area (Å²) in [4.78, 5) is 0. The first-order valence-corrected chi connectivity index (χ1v) is 5.32. The highest BCUT2D eigenvalue weighted by atomic mass is 35.5. The molecule has 0 saturated carbocycles. The van der Waals surface area contributed by atoms with Crippen LogP contribution in [0.1, 0.15) is 18.9 Å². The fraction of sp³-hybridized carbons (Fsp3) is 0.455. The Morgan fingerprint density at radius 1 is 1.40 bits per heavy atom. The van der Waals surface area contributed by atoms with Gasteiger partial charge in [-0.05, 0) is 38.1 Å². The number of alkyl halides is 1. The first-order chi connectivity index (χ1) is 7.09. The number of nitrogens with one attached hydrogen (secondary N) is 1. The SMILES string of the molecule is CC(Cl)CCNCc1cc(F)ccc1F. The average molecular weight is 234 g/mol. The molecule has 1 nitrogen and oxygen atoms in total. The summed E-state index contributed by atoms with van der Waals surface area (Å²) in [6.45, 7) is 2.92. The number of benzene rings is 1. The molecule has 0 heterocycles. The van der Waals surface area contributed by atoms with Crippen LogP contribution in [0.4, 0.5) is 8.78 Å². The highest BCUT2D eigenvalue weighted by Crippen LogP contribution is 2.09. The number of hydrogen-bond donors (Lipinski definition) is 1. The lowest BCUT2D eigenvalue weighted by Crippen LogP contribution is -2.17. The van der Waals surface area contributed by atoms with Gasteiger partial charge in [0.15, 0.2) is 0 Å². The van der Waals surface area contributed by atoms with Crippen molar-refractivity contribution >= 4 is 11.6 Å². The first-order valence-electron chi connectivity index (χ1n) is 4.88. The Hall–Kier alpha value is -0.670. The van der Waals surface area contributed by atoms with Gasteiger partial charge in [0.2, 0.25) is 0 Å². The molecule has 0 radical (unpaired) electrons. The molecule has 0 aliphatic rings. The molecule has 1 aromatic rings. The summed E-state index contributed by atoms with van der Waals surface area (Å²) in [5.41, 5.74) is 0.345. The fourth-order valence-electron chi connectivity index (χ4n) is 1.20. The Morgan fingerprint density at radius 2 is 2.13 bits per heavy atom. The molecular weight excluding hydrogens is 220 g/mol. The van der Waals surface area contributed by atoms with Crippen LogP contribution >= 0.6 is 11.6 Å². The Balaban J connectivity index is 2.40. The standard InChI is InChI=1S/C11H14ClF2N/c1-8(12)4-5-15-7-9-6-10(13)2-3-11(9)14/h2-3,6,8,15H,4-5,7H2,1H3. The van der Waals surface area contributed by atoms with Gasteiger partial charge in [-0.2, -0.15) is 0 Å². The molecule has 0 fully saturated rings. The molecule has 1 N–H and O–H groups in total. The molecule has 1 rings (SSSR count). The van der Waals surface area contributed by atoms with Gasteiger partial charge >= 0.3 is 0 Å². The van der Waals surface area contributed by atoms with Crippen LogP contribution in [0.15, 0.2) is 18.2 Å². The second kappa shape index (κ2) is 6.03. The van der Waals surface area contributed by atoms with E-state index in [4.69, 9.17) is 11.6 Å². The van der Waals surface area contributed by atoms with Crippen molar-refractivity contribution < 1.29 is 8.78 Å². The summed E-state index contributed by atoms with van der Waals surface area (Å²) >= 11 is 5.74. The van der Waals surface area contributed by atoms with Crippen molar-refractivity contribution in [2.45, 2.75) is 25.3 Å². The third-order valence-corrected chi connectivity index (χ3v) is 2.26. The van der Waals surface area contributed by atoms with E-state index in [2.05, 4.69) is 5.32 Å². The monoisotopic (exact) mass is 233 g/mol. The van der Waals surface area contributed by atoms with Crippen molar-refractivity contribution in [3.8, 4) is 0 Å². The van der Waals surface area contributed by atoms with E-state index in [0.717, 1.165) is 18.6 Å². The van der Waals surface area contributed by atoms with Crippen LogP contribution in [0.2, 0.25) is 0 Å². The van der Waals surface area contributed by atoms with Gasteiger partial charge in [0.25, 0.3) is 0 Å². The van der Waals surface area contributed by atoms with E-state index >= 15 is 0 Å². The largest absolute Gasteiger partial charge is 0.313 e. The van der Waals surface area contributed by atoms with Gasteiger partial charge in [-0.15, -0.1) is 11.6 Å². The number of hydrogen-bond acceptors (Lipinski definition) is 1. The Morgan fingerprint density at radius 3 is 2.80 bits per heavy atom. The van der Waals surface area contributed by atoms with Crippen LogP contribution in [-0.2, 0) is 6.54 Å². The van der Waals surface area contributed by atoms with Crippen molar-refractivity contribution in [3.63, 3.8) is 0 Å². The van der Waals surface area contributed by atoms with Crippen LogP contribution in [0.3, 0.4) is 0 Å². The third-order valence-electron chi connectivity index (χ3n) is 2.04. The number of rotatable bonds is 5. The van der Waals surface area contributed by atoms with E-state index in [1.165, 1.54) is 6.07 Å². The maximum Gasteiger partial charge on any atom is 0.127 e. The van der Waals surface area contributed by atoms with Crippen molar-refractivity contribution in [3.05, 3.63) is 35.4 Å². The molecule has 84 valence electrons. The molecular formula is C11H14ClF2N. The Kier molecular flexibility index (Phi) is 4.99. The topological polar surface area (TPSA) is 12.0 Å². The van der Waals surface area contributed by atoms with Crippen molar-refractivity contribution in [2.75, 3.05) is 6.54 Å². The highest BCUT2D eigenvalue weighted by molar-refractivity contribution is 6.20. The van der Waals surface area contributed by atoms with Crippen molar-refractivity contribution in [1.29, 1.82) is 0 Å². The van der Waals surface area contributed by atoms with Gasteiger partial charge in [0, 0.05) is 17.5 Å². The third kappa shape index (κ3) is 4.58. The quantitative estimate of drug-likeness (QED) is 0.609. The second-order valence-corrected chi connectivity index (χ2v) is 4.23. The van der Waals surface area contributed by atoms with Gasteiger partial charge in [0.05, 0.1) is 0 Å². The van der Waals surface area contributed by atoms with E-state index in [0.29, 0.717) is 18.7 Å². The fourth-order valence-corrected chi connectivity index (χ4v) is 1.31. The molecule has 0 aliphatic heterocycles. The lowest BCUT2D eigenvalue weighted by Gasteiger charge is -2.06. The summed E-state index contributed by atoms with van der Waals surface area (Å²) in [7, 11) is 0. The lowest BCUT2D eigenvalue weighted by molar-refractivity contribution is 0.564. The molecule has 1 unspecified atom stereocenters. The minimum absolute atomic E-state index is 0.0925. The molecule has 4 heteroatoms. The maximum absolute atomic E-state index is 13.1. The van der Waals surface area contributed by atoms with Gasteiger partial charge in [0.1, 0.15) is 11.6 Å². The van der Waals surface area contributed by atoms with Gasteiger partial charge in [-0.1, -0.05) is 0 Å². The molecule has 0 saturated heterocycles. The Bertz CT molecular complexity index is 315. The average Bonchev–Trinajstić information content (AvgIpc) is 2.17. The molecule has 0 spiro atoms. The van der Waals surface area contributed by atoms with E-state index in [-0.39, 0.29) is 11.2 Å². The summed E-state index contributed by atoms with van der Waals surface area (Å²) < 4.78 is 25.9. The van der Waals surface area contributed by atoms with Crippen LogP contribution in [-0.4, -0.2) is 11.9 Å². The summed E-state index contributed by atoms with van der Waals surface area (Å²) in [6.07, 6.45) is 0.804. The highest BCUT2D eigenvalue weighted by Gasteiger charge is 2.03. The summed E-state index contributed by atoms with van der Waals surface area (Å²) in [5.74, 6) is -0.804. The summed E-state index contributed by atoms with van der Waals surface area (Å²) in [5, 5.41) is 3.10. The van der Waals surface area contributed by atoms with Crippen LogP contribution in [0.25, 0.3) is 0 Å². The normalized spacial score (nSPS) is 12.8. The zero-order valence-electron chi connectivity index (χ0n) is 8.56. The van der Waals surface area contributed by atoms with E-state index in [1.807, 2.05) is 6.92 Å². The van der Waals surface area contributed by atoms with Crippen molar-refractivity contribution in [1.82, 2.24) is 5.32 Å². The van der Waals surface area contributed by atoms with Crippen molar-refractivity contribution in [2.24, 2.45) is 0 Å². The Labute approximate surface area is 93.4 Å². The maximum atomic E-state index is 13.1. The van der Waals surface area contributed by atoms with Crippen LogP contribution in [0.5, 0.6) is 0 Å². The predicted octanol–water partition coefficient (Wildman–Crippen LogP) is 3.07. The van der Waals surface area contributed by atoms with Crippen LogP contribution in [0, 0.1) is 11.6 Å².